The van der Waals surface area contributed by atoms with Crippen LogP contribution in [0.1, 0.15) is 29.0 Å². The Balaban J connectivity index is 1.62. The molecule has 3 nitrogen and oxygen atoms in total. The fourth-order valence-electron chi connectivity index (χ4n) is 2.80. The van der Waals surface area contributed by atoms with E-state index >= 15 is 0 Å². The third kappa shape index (κ3) is 3.17. The van der Waals surface area contributed by atoms with E-state index in [-0.39, 0.29) is 5.91 Å². The van der Waals surface area contributed by atoms with Crippen LogP contribution in [0.15, 0.2) is 35.7 Å². The number of fused-ring (bicyclic) bond motifs is 1. The number of thiophene rings is 1. The predicted molar refractivity (Wildman–Crippen MR) is 87.8 cm³/mol. The lowest BCUT2D eigenvalue weighted by Crippen LogP contribution is -2.39. The first-order chi connectivity index (χ1) is 10.1. The van der Waals surface area contributed by atoms with Crippen molar-refractivity contribution in [3.8, 4) is 0 Å². The van der Waals surface area contributed by atoms with Crippen LogP contribution in [-0.2, 0) is 11.2 Å². The Morgan fingerprint density at radius 2 is 2.10 bits per heavy atom. The summed E-state index contributed by atoms with van der Waals surface area (Å²) in [4.78, 5) is 15.9. The van der Waals surface area contributed by atoms with Crippen molar-refractivity contribution in [2.24, 2.45) is 0 Å². The monoisotopic (exact) mass is 300 g/mol. The molecule has 0 spiro atoms. The zero-order chi connectivity index (χ0) is 14.8. The van der Waals surface area contributed by atoms with Crippen molar-refractivity contribution in [3.05, 3.63) is 51.7 Å². The molecule has 1 aliphatic rings. The molecule has 2 aromatic rings. The first-order valence-corrected chi connectivity index (χ1v) is 8.18. The highest BCUT2D eigenvalue weighted by atomic mass is 32.1. The van der Waals surface area contributed by atoms with Gasteiger partial charge in [-0.3, -0.25) is 9.69 Å². The van der Waals surface area contributed by atoms with Crippen LogP contribution >= 0.6 is 11.3 Å². The van der Waals surface area contributed by atoms with Crippen molar-refractivity contribution in [3.63, 3.8) is 0 Å². The Morgan fingerprint density at radius 1 is 1.33 bits per heavy atom. The van der Waals surface area contributed by atoms with E-state index in [1.807, 2.05) is 42.5 Å². The van der Waals surface area contributed by atoms with Crippen molar-refractivity contribution in [1.82, 2.24) is 4.90 Å². The van der Waals surface area contributed by atoms with Crippen LogP contribution in [0.2, 0.25) is 0 Å². The maximum Gasteiger partial charge on any atom is 0.238 e. The van der Waals surface area contributed by atoms with Gasteiger partial charge in [0.1, 0.15) is 0 Å². The average molecular weight is 300 g/mol. The molecular weight excluding hydrogens is 280 g/mol. The van der Waals surface area contributed by atoms with Gasteiger partial charge in [-0.1, -0.05) is 17.7 Å². The largest absolute Gasteiger partial charge is 0.325 e. The fraction of sp³-hybridized carbons (Fsp3) is 0.353. The van der Waals surface area contributed by atoms with Gasteiger partial charge in [0.05, 0.1) is 6.54 Å². The van der Waals surface area contributed by atoms with Crippen LogP contribution < -0.4 is 5.32 Å². The number of aryl methyl sites for hydroxylation is 1. The minimum absolute atomic E-state index is 0.0596. The van der Waals surface area contributed by atoms with Gasteiger partial charge in [0.25, 0.3) is 0 Å². The first kappa shape index (κ1) is 14.3. The summed E-state index contributed by atoms with van der Waals surface area (Å²) in [6, 6.07) is 10.4. The number of carbonyl (C=O) groups is 1. The number of hydrogen-bond donors (Lipinski definition) is 1. The molecule has 1 aromatic carbocycles. The molecule has 0 radical (unpaired) electrons. The second-order valence-electron chi connectivity index (χ2n) is 5.61. The lowest BCUT2D eigenvalue weighted by Gasteiger charge is -2.32. The minimum atomic E-state index is 0.0596. The quantitative estimate of drug-likeness (QED) is 0.939. The molecule has 0 aliphatic carbocycles. The van der Waals surface area contributed by atoms with E-state index in [4.69, 9.17) is 0 Å². The van der Waals surface area contributed by atoms with E-state index in [0.29, 0.717) is 12.6 Å². The molecule has 0 fully saturated rings. The number of hydrogen-bond acceptors (Lipinski definition) is 3. The zero-order valence-electron chi connectivity index (χ0n) is 12.4. The van der Waals surface area contributed by atoms with Crippen LogP contribution in [0.5, 0.6) is 0 Å². The van der Waals surface area contributed by atoms with E-state index in [1.165, 1.54) is 16.0 Å². The molecule has 1 amide bonds. The Hall–Kier alpha value is -1.65. The van der Waals surface area contributed by atoms with Crippen LogP contribution in [0, 0.1) is 6.92 Å². The van der Waals surface area contributed by atoms with Crippen molar-refractivity contribution in [2.45, 2.75) is 26.3 Å². The van der Waals surface area contributed by atoms with Gasteiger partial charge in [-0.05, 0) is 49.4 Å². The van der Waals surface area contributed by atoms with Gasteiger partial charge in [0.2, 0.25) is 5.91 Å². The highest BCUT2D eigenvalue weighted by Crippen LogP contribution is 2.32. The van der Waals surface area contributed by atoms with E-state index in [1.54, 1.807) is 0 Å². The fourth-order valence-corrected chi connectivity index (χ4v) is 3.76. The molecule has 4 heteroatoms. The molecule has 1 atom stereocenters. The SMILES string of the molecule is Cc1ccc(NC(=O)CN2CCc3sccc3[C@@H]2C)cc1. The van der Waals surface area contributed by atoms with E-state index in [2.05, 4.69) is 28.6 Å². The minimum Gasteiger partial charge on any atom is -0.325 e. The third-order valence-electron chi connectivity index (χ3n) is 4.09. The molecule has 110 valence electrons. The molecular formula is C17H20N2OS. The zero-order valence-corrected chi connectivity index (χ0v) is 13.2. The molecule has 0 unspecified atom stereocenters. The van der Waals surface area contributed by atoms with Crippen molar-refractivity contribution in [2.75, 3.05) is 18.4 Å². The number of amides is 1. The van der Waals surface area contributed by atoms with Gasteiger partial charge in [-0.2, -0.15) is 0 Å². The van der Waals surface area contributed by atoms with E-state index < -0.39 is 0 Å². The van der Waals surface area contributed by atoms with Gasteiger partial charge in [0.15, 0.2) is 0 Å². The van der Waals surface area contributed by atoms with E-state index in [9.17, 15) is 4.79 Å². The number of carbonyl (C=O) groups excluding carboxylic acids is 1. The molecule has 1 N–H and O–H groups in total. The third-order valence-corrected chi connectivity index (χ3v) is 5.08. The van der Waals surface area contributed by atoms with Gasteiger partial charge in [-0.25, -0.2) is 0 Å². The van der Waals surface area contributed by atoms with Crippen LogP contribution in [0.25, 0.3) is 0 Å². The molecule has 2 heterocycles. The van der Waals surface area contributed by atoms with Crippen molar-refractivity contribution < 1.29 is 4.79 Å². The van der Waals surface area contributed by atoms with Crippen LogP contribution in [-0.4, -0.2) is 23.9 Å². The Morgan fingerprint density at radius 3 is 2.86 bits per heavy atom. The molecule has 3 rings (SSSR count). The summed E-state index contributed by atoms with van der Waals surface area (Å²) in [5, 5.41) is 5.13. The summed E-state index contributed by atoms with van der Waals surface area (Å²) in [6.07, 6.45) is 1.05. The lowest BCUT2D eigenvalue weighted by atomic mass is 10.0. The molecule has 21 heavy (non-hydrogen) atoms. The van der Waals surface area contributed by atoms with Crippen LogP contribution in [0.3, 0.4) is 0 Å². The molecule has 1 aliphatic heterocycles. The molecule has 1 aromatic heterocycles. The molecule has 0 saturated heterocycles. The summed E-state index contributed by atoms with van der Waals surface area (Å²) in [5.41, 5.74) is 3.45. The second kappa shape index (κ2) is 6.00. The van der Waals surface area contributed by atoms with Gasteiger partial charge in [0, 0.05) is 23.2 Å². The first-order valence-electron chi connectivity index (χ1n) is 7.30. The molecule has 0 bridgehead atoms. The summed E-state index contributed by atoms with van der Waals surface area (Å²) >= 11 is 1.83. The number of benzene rings is 1. The Labute approximate surface area is 129 Å². The van der Waals surface area contributed by atoms with Crippen molar-refractivity contribution >= 4 is 22.9 Å². The summed E-state index contributed by atoms with van der Waals surface area (Å²) in [6.45, 7) is 5.63. The number of rotatable bonds is 3. The van der Waals surface area contributed by atoms with Gasteiger partial charge in [-0.15, -0.1) is 11.3 Å². The normalized spacial score (nSPS) is 18.3. The topological polar surface area (TPSA) is 32.3 Å². The van der Waals surface area contributed by atoms with Gasteiger partial charge < -0.3 is 5.32 Å². The molecule has 0 saturated carbocycles. The maximum atomic E-state index is 12.2. The highest BCUT2D eigenvalue weighted by molar-refractivity contribution is 7.10. The smallest absolute Gasteiger partial charge is 0.238 e. The number of anilines is 1. The maximum absolute atomic E-state index is 12.2. The Kier molecular flexibility index (Phi) is 4.08. The van der Waals surface area contributed by atoms with Crippen LogP contribution in [0.4, 0.5) is 5.69 Å². The van der Waals surface area contributed by atoms with Gasteiger partial charge >= 0.3 is 0 Å². The number of nitrogens with one attached hydrogen (secondary N) is 1. The lowest BCUT2D eigenvalue weighted by molar-refractivity contribution is -0.117. The second-order valence-corrected chi connectivity index (χ2v) is 6.61. The summed E-state index contributed by atoms with van der Waals surface area (Å²) in [7, 11) is 0. The predicted octanol–water partition coefficient (Wildman–Crippen LogP) is 3.61. The number of nitrogens with zero attached hydrogens (tertiary/aromatic N) is 1. The summed E-state index contributed by atoms with van der Waals surface area (Å²) in [5.74, 6) is 0.0596. The van der Waals surface area contributed by atoms with Crippen molar-refractivity contribution in [1.29, 1.82) is 0 Å². The Bertz CT molecular complexity index is 632. The average Bonchev–Trinajstić information content (AvgIpc) is 2.94. The van der Waals surface area contributed by atoms with E-state index in [0.717, 1.165) is 18.7 Å². The highest BCUT2D eigenvalue weighted by Gasteiger charge is 2.25. The summed E-state index contributed by atoms with van der Waals surface area (Å²) < 4.78 is 0. The standard InChI is InChI=1S/C17H20N2OS/c1-12-3-5-14(6-4-12)18-17(20)11-19-9-7-16-15(13(19)2)8-10-21-16/h3-6,8,10,13H,7,9,11H2,1-2H3,(H,18,20)/t13-/m0/s1.